The molecule has 7 heteroatoms. The van der Waals surface area contributed by atoms with Gasteiger partial charge in [-0.1, -0.05) is 43.7 Å². The Hall–Kier alpha value is -2.67. The molecule has 0 spiro atoms. The highest BCUT2D eigenvalue weighted by Gasteiger charge is 2.22. The summed E-state index contributed by atoms with van der Waals surface area (Å²) in [5.41, 5.74) is 13.9. The fraction of sp³-hybridized carbons (Fsp3) is 0.263. The lowest BCUT2D eigenvalue weighted by Crippen LogP contribution is -2.24. The molecule has 0 aliphatic heterocycles. The number of carbonyl (C=O) groups excluding carboxylic acids is 1. The number of benzene rings is 2. The lowest BCUT2D eigenvalue weighted by atomic mass is 9.92. The predicted molar refractivity (Wildman–Crippen MR) is 104 cm³/mol. The van der Waals surface area contributed by atoms with Crippen LogP contribution in [0.5, 0.6) is 0 Å². The molecule has 4 N–H and O–H groups in total. The van der Waals surface area contributed by atoms with Crippen molar-refractivity contribution >= 4 is 21.7 Å². The summed E-state index contributed by atoms with van der Waals surface area (Å²) in [5.74, 6) is -1.05. The van der Waals surface area contributed by atoms with Crippen molar-refractivity contribution < 1.29 is 13.2 Å². The van der Waals surface area contributed by atoms with Gasteiger partial charge in [-0.25, -0.2) is 8.42 Å². The predicted octanol–water partition coefficient (Wildman–Crippen LogP) is 2.60. The SMILES string of the molecule is Cc1ccc(-c2cc(C(C)C)c(C(=O)N=C(N)N)cc2S(C)(=O)=O)cc1. The molecular weight excluding hydrogens is 350 g/mol. The van der Waals surface area contributed by atoms with Crippen LogP contribution in [-0.2, 0) is 9.84 Å². The molecule has 0 fully saturated rings. The van der Waals surface area contributed by atoms with Gasteiger partial charge in [0.1, 0.15) is 0 Å². The molecule has 26 heavy (non-hydrogen) atoms. The lowest BCUT2D eigenvalue weighted by molar-refractivity contribution is 0.100. The molecule has 0 aliphatic carbocycles. The summed E-state index contributed by atoms with van der Waals surface area (Å²) in [6.07, 6.45) is 1.11. The first-order valence-electron chi connectivity index (χ1n) is 8.09. The first-order chi connectivity index (χ1) is 12.0. The van der Waals surface area contributed by atoms with E-state index in [4.69, 9.17) is 11.5 Å². The molecule has 6 nitrogen and oxygen atoms in total. The molecule has 0 bridgehead atoms. The maximum absolute atomic E-state index is 12.4. The van der Waals surface area contributed by atoms with Gasteiger partial charge in [0.15, 0.2) is 15.8 Å². The van der Waals surface area contributed by atoms with Gasteiger partial charge in [0.05, 0.1) is 4.90 Å². The van der Waals surface area contributed by atoms with Crippen LogP contribution >= 0.6 is 0 Å². The zero-order valence-corrected chi connectivity index (χ0v) is 16.1. The van der Waals surface area contributed by atoms with Crippen molar-refractivity contribution in [3.05, 3.63) is 53.1 Å². The third-order valence-corrected chi connectivity index (χ3v) is 5.13. The topological polar surface area (TPSA) is 116 Å². The number of nitrogens with zero attached hydrogens (tertiary/aromatic N) is 1. The van der Waals surface area contributed by atoms with Crippen molar-refractivity contribution in [2.24, 2.45) is 16.5 Å². The van der Waals surface area contributed by atoms with Crippen molar-refractivity contribution in [3.8, 4) is 11.1 Å². The largest absolute Gasteiger partial charge is 0.370 e. The monoisotopic (exact) mass is 373 g/mol. The molecule has 0 saturated carbocycles. The summed E-state index contributed by atoms with van der Waals surface area (Å²) in [6.45, 7) is 5.79. The summed E-state index contributed by atoms with van der Waals surface area (Å²) in [4.78, 5) is 16.0. The Kier molecular flexibility index (Phi) is 5.51. The highest BCUT2D eigenvalue weighted by molar-refractivity contribution is 7.90. The van der Waals surface area contributed by atoms with E-state index in [1.807, 2.05) is 45.0 Å². The number of carbonyl (C=O) groups is 1. The Balaban J connectivity index is 2.84. The molecule has 0 unspecified atom stereocenters. The Morgan fingerprint density at radius 1 is 1.08 bits per heavy atom. The van der Waals surface area contributed by atoms with Crippen LogP contribution < -0.4 is 11.5 Å². The van der Waals surface area contributed by atoms with Crippen LogP contribution in [-0.4, -0.2) is 26.5 Å². The molecule has 0 radical (unpaired) electrons. The van der Waals surface area contributed by atoms with Crippen molar-refractivity contribution in [1.29, 1.82) is 0 Å². The van der Waals surface area contributed by atoms with E-state index in [1.165, 1.54) is 6.07 Å². The van der Waals surface area contributed by atoms with Crippen molar-refractivity contribution in [2.75, 3.05) is 6.26 Å². The number of guanidine groups is 1. The van der Waals surface area contributed by atoms with Crippen LogP contribution in [0.3, 0.4) is 0 Å². The van der Waals surface area contributed by atoms with Gasteiger partial charge in [0.2, 0.25) is 0 Å². The standard InChI is InChI=1S/C19H23N3O3S/c1-11(2)14-9-15(13-7-5-12(3)6-8-13)17(26(4,24)25)10-16(14)18(23)22-19(20)21/h5-11H,1-4H3,(H4,20,21,22,23). The average Bonchev–Trinajstić information content (AvgIpc) is 2.52. The summed E-state index contributed by atoms with van der Waals surface area (Å²) in [7, 11) is -3.58. The summed E-state index contributed by atoms with van der Waals surface area (Å²) in [6, 6.07) is 10.7. The molecular formula is C19H23N3O3S. The number of nitrogens with two attached hydrogens (primary N) is 2. The summed E-state index contributed by atoms with van der Waals surface area (Å²) >= 11 is 0. The Morgan fingerprint density at radius 3 is 2.12 bits per heavy atom. The number of aryl methyl sites for hydroxylation is 1. The van der Waals surface area contributed by atoms with E-state index in [2.05, 4.69) is 4.99 Å². The van der Waals surface area contributed by atoms with E-state index in [0.717, 1.165) is 17.4 Å². The van der Waals surface area contributed by atoms with Crippen LogP contribution in [0.25, 0.3) is 11.1 Å². The van der Waals surface area contributed by atoms with E-state index >= 15 is 0 Å². The fourth-order valence-corrected chi connectivity index (χ4v) is 3.61. The van der Waals surface area contributed by atoms with Crippen LogP contribution in [0.15, 0.2) is 46.3 Å². The maximum atomic E-state index is 12.4. The zero-order chi connectivity index (χ0) is 19.6. The smallest absolute Gasteiger partial charge is 0.280 e. The quantitative estimate of drug-likeness (QED) is 0.631. The van der Waals surface area contributed by atoms with E-state index in [0.29, 0.717) is 11.1 Å². The van der Waals surface area contributed by atoms with Gasteiger partial charge in [-0.05, 0) is 36.1 Å². The third kappa shape index (κ3) is 4.29. The van der Waals surface area contributed by atoms with Gasteiger partial charge in [0.25, 0.3) is 5.91 Å². The van der Waals surface area contributed by atoms with Gasteiger partial charge < -0.3 is 11.5 Å². The normalized spacial score (nSPS) is 11.4. The Bertz CT molecular complexity index is 972. The number of aliphatic imine (C=N–C) groups is 1. The average molecular weight is 373 g/mol. The number of rotatable bonds is 4. The summed E-state index contributed by atoms with van der Waals surface area (Å²) in [5, 5.41) is 0. The molecule has 0 atom stereocenters. The molecule has 0 saturated heterocycles. The van der Waals surface area contributed by atoms with Gasteiger partial charge in [0, 0.05) is 17.4 Å². The molecule has 2 aromatic rings. The third-order valence-electron chi connectivity index (χ3n) is 4.00. The van der Waals surface area contributed by atoms with Crippen LogP contribution in [0, 0.1) is 6.92 Å². The molecule has 1 amide bonds. The molecule has 2 aromatic carbocycles. The van der Waals surface area contributed by atoms with Crippen molar-refractivity contribution in [1.82, 2.24) is 0 Å². The minimum absolute atomic E-state index is 0.0269. The first kappa shape index (κ1) is 19.7. The van der Waals surface area contributed by atoms with Gasteiger partial charge in [-0.2, -0.15) is 4.99 Å². The second kappa shape index (κ2) is 7.29. The van der Waals surface area contributed by atoms with E-state index in [9.17, 15) is 13.2 Å². The molecule has 0 aromatic heterocycles. The van der Waals surface area contributed by atoms with E-state index in [1.54, 1.807) is 6.07 Å². The Morgan fingerprint density at radius 2 is 1.65 bits per heavy atom. The van der Waals surface area contributed by atoms with Crippen molar-refractivity contribution in [3.63, 3.8) is 0 Å². The van der Waals surface area contributed by atoms with Crippen LogP contribution in [0.2, 0.25) is 0 Å². The fourth-order valence-electron chi connectivity index (χ4n) is 2.70. The first-order valence-corrected chi connectivity index (χ1v) is 9.99. The molecule has 138 valence electrons. The molecule has 0 aliphatic rings. The molecule has 2 rings (SSSR count). The van der Waals surface area contributed by atoms with Crippen molar-refractivity contribution in [2.45, 2.75) is 31.6 Å². The Labute approximate surface area is 153 Å². The minimum Gasteiger partial charge on any atom is -0.370 e. The van der Waals surface area contributed by atoms with Gasteiger partial charge in [-0.15, -0.1) is 0 Å². The highest BCUT2D eigenvalue weighted by atomic mass is 32.2. The summed E-state index contributed by atoms with van der Waals surface area (Å²) < 4.78 is 24.8. The maximum Gasteiger partial charge on any atom is 0.280 e. The minimum atomic E-state index is -3.58. The lowest BCUT2D eigenvalue weighted by Gasteiger charge is -2.17. The number of hydrogen-bond donors (Lipinski definition) is 2. The molecule has 0 heterocycles. The van der Waals surface area contributed by atoms with Gasteiger partial charge >= 0.3 is 0 Å². The zero-order valence-electron chi connectivity index (χ0n) is 15.3. The van der Waals surface area contributed by atoms with E-state index < -0.39 is 15.7 Å². The highest BCUT2D eigenvalue weighted by Crippen LogP contribution is 2.34. The second-order valence-electron chi connectivity index (χ2n) is 6.57. The number of hydrogen-bond acceptors (Lipinski definition) is 3. The second-order valence-corrected chi connectivity index (χ2v) is 8.55. The number of amides is 1. The van der Waals surface area contributed by atoms with Crippen LogP contribution in [0.4, 0.5) is 0 Å². The van der Waals surface area contributed by atoms with Crippen LogP contribution in [0.1, 0.15) is 41.3 Å². The number of sulfone groups is 1. The van der Waals surface area contributed by atoms with E-state index in [-0.39, 0.29) is 22.3 Å². The van der Waals surface area contributed by atoms with Gasteiger partial charge in [-0.3, -0.25) is 4.79 Å².